The number of nitrogens with one attached hydrogen (secondary N) is 2. The van der Waals surface area contributed by atoms with E-state index >= 15 is 0 Å². The summed E-state index contributed by atoms with van der Waals surface area (Å²) < 4.78 is 0. The highest BCUT2D eigenvalue weighted by Crippen LogP contribution is 2.25. The summed E-state index contributed by atoms with van der Waals surface area (Å²) in [5, 5.41) is 10.4. The van der Waals surface area contributed by atoms with Crippen molar-refractivity contribution in [3.63, 3.8) is 0 Å². The first-order valence-electron chi connectivity index (χ1n) is 9.43. The first-order valence-corrected chi connectivity index (χ1v) is 9.81. The lowest BCUT2D eigenvalue weighted by molar-refractivity contribution is -0.121. The second-order valence-electron chi connectivity index (χ2n) is 7.04. The Morgan fingerprint density at radius 2 is 1.96 bits per heavy atom. The average molecular weight is 396 g/mol. The van der Waals surface area contributed by atoms with Crippen molar-refractivity contribution in [2.24, 2.45) is 5.92 Å². The number of halogens is 1. The SMILES string of the molecule is O=C(Nc1n[nH]c(-c2ccccc2Cl)n1)C1CCCN(Cc2ccccc2)C1. The number of carbonyl (C=O) groups is 1. The molecular weight excluding hydrogens is 374 g/mol. The molecule has 2 aromatic carbocycles. The number of aromatic nitrogens is 3. The van der Waals surface area contributed by atoms with Gasteiger partial charge in [0.05, 0.1) is 10.9 Å². The van der Waals surface area contributed by atoms with E-state index in [1.54, 1.807) is 6.07 Å². The third kappa shape index (κ3) is 4.40. The number of hydrogen-bond acceptors (Lipinski definition) is 4. The van der Waals surface area contributed by atoms with E-state index in [2.05, 4.69) is 37.5 Å². The van der Waals surface area contributed by atoms with Gasteiger partial charge in [-0.15, -0.1) is 5.10 Å². The van der Waals surface area contributed by atoms with E-state index in [0.717, 1.165) is 38.0 Å². The Bertz CT molecular complexity index is 943. The Kier molecular flexibility index (Phi) is 5.69. The minimum absolute atomic E-state index is 0.0394. The first-order chi connectivity index (χ1) is 13.7. The molecule has 2 heterocycles. The Balaban J connectivity index is 1.38. The molecule has 2 N–H and O–H groups in total. The molecule has 0 radical (unpaired) electrons. The van der Waals surface area contributed by atoms with Crippen molar-refractivity contribution in [1.82, 2.24) is 20.1 Å². The number of hydrogen-bond donors (Lipinski definition) is 2. The van der Waals surface area contributed by atoms with Gasteiger partial charge in [-0.05, 0) is 37.1 Å². The fraction of sp³-hybridized carbons (Fsp3) is 0.286. The number of rotatable bonds is 5. The predicted octanol–water partition coefficient (Wildman–Crippen LogP) is 3.98. The molecule has 1 aliphatic rings. The highest BCUT2D eigenvalue weighted by atomic mass is 35.5. The lowest BCUT2D eigenvalue weighted by Gasteiger charge is -2.31. The highest BCUT2D eigenvalue weighted by Gasteiger charge is 2.26. The summed E-state index contributed by atoms with van der Waals surface area (Å²) in [6.45, 7) is 2.61. The van der Waals surface area contributed by atoms with E-state index in [-0.39, 0.29) is 17.8 Å². The minimum atomic E-state index is -0.0697. The van der Waals surface area contributed by atoms with E-state index in [4.69, 9.17) is 11.6 Å². The number of carbonyl (C=O) groups excluding carboxylic acids is 1. The van der Waals surface area contributed by atoms with Gasteiger partial charge in [-0.3, -0.25) is 20.1 Å². The molecule has 1 saturated heterocycles. The molecule has 6 nitrogen and oxygen atoms in total. The number of benzene rings is 2. The standard InChI is InChI=1S/C21H22ClN5O/c22-18-11-5-4-10-17(18)19-23-21(26-25-19)24-20(28)16-9-6-12-27(14-16)13-15-7-2-1-3-8-15/h1-5,7-8,10-11,16H,6,9,12-14H2,(H2,23,24,25,26,28). The number of likely N-dealkylation sites (tertiary alicyclic amines) is 1. The highest BCUT2D eigenvalue weighted by molar-refractivity contribution is 6.33. The maximum Gasteiger partial charge on any atom is 0.249 e. The molecule has 1 fully saturated rings. The molecule has 3 aromatic rings. The summed E-state index contributed by atoms with van der Waals surface area (Å²) in [5.41, 5.74) is 2.02. The largest absolute Gasteiger partial charge is 0.298 e. The molecule has 1 unspecified atom stereocenters. The second-order valence-corrected chi connectivity index (χ2v) is 7.44. The summed E-state index contributed by atoms with van der Waals surface area (Å²) >= 11 is 6.20. The lowest BCUT2D eigenvalue weighted by Crippen LogP contribution is -2.40. The van der Waals surface area contributed by atoms with Gasteiger partial charge in [0.1, 0.15) is 0 Å². The van der Waals surface area contributed by atoms with E-state index in [1.807, 2.05) is 36.4 Å². The van der Waals surface area contributed by atoms with Gasteiger partial charge in [-0.1, -0.05) is 54.1 Å². The molecule has 1 aliphatic heterocycles. The Labute approximate surface area is 168 Å². The number of nitrogens with zero attached hydrogens (tertiary/aromatic N) is 3. The van der Waals surface area contributed by atoms with E-state index in [0.29, 0.717) is 10.8 Å². The molecule has 0 saturated carbocycles. The van der Waals surface area contributed by atoms with Crippen LogP contribution in [0.1, 0.15) is 18.4 Å². The number of H-pyrrole nitrogens is 1. The van der Waals surface area contributed by atoms with Crippen LogP contribution >= 0.6 is 11.6 Å². The predicted molar refractivity (Wildman–Crippen MR) is 110 cm³/mol. The van der Waals surface area contributed by atoms with Crippen molar-refractivity contribution in [3.8, 4) is 11.4 Å². The summed E-state index contributed by atoms with van der Waals surface area (Å²) in [6, 6.07) is 17.7. The molecule has 0 aliphatic carbocycles. The van der Waals surface area contributed by atoms with Gasteiger partial charge < -0.3 is 0 Å². The summed E-state index contributed by atoms with van der Waals surface area (Å²) in [4.78, 5) is 19.4. The summed E-state index contributed by atoms with van der Waals surface area (Å²) in [5.74, 6) is 0.706. The van der Waals surface area contributed by atoms with Crippen LogP contribution < -0.4 is 5.32 Å². The molecule has 0 spiro atoms. The Morgan fingerprint density at radius 3 is 2.79 bits per heavy atom. The zero-order valence-corrected chi connectivity index (χ0v) is 16.2. The molecule has 144 valence electrons. The van der Waals surface area contributed by atoms with Crippen LogP contribution in [0.4, 0.5) is 5.95 Å². The van der Waals surface area contributed by atoms with Gasteiger partial charge >= 0.3 is 0 Å². The van der Waals surface area contributed by atoms with Crippen molar-refractivity contribution >= 4 is 23.5 Å². The maximum absolute atomic E-state index is 12.7. The lowest BCUT2D eigenvalue weighted by atomic mass is 9.96. The molecule has 0 bridgehead atoms. The average Bonchev–Trinajstić information content (AvgIpc) is 3.17. The summed E-state index contributed by atoms with van der Waals surface area (Å²) in [6.07, 6.45) is 1.88. The van der Waals surface area contributed by atoms with Gasteiger partial charge in [0.15, 0.2) is 5.82 Å². The smallest absolute Gasteiger partial charge is 0.249 e. The molecule has 1 aromatic heterocycles. The van der Waals surface area contributed by atoms with Gasteiger partial charge in [-0.2, -0.15) is 4.98 Å². The summed E-state index contributed by atoms with van der Waals surface area (Å²) in [7, 11) is 0. The van der Waals surface area contributed by atoms with Crippen molar-refractivity contribution in [1.29, 1.82) is 0 Å². The fourth-order valence-corrected chi connectivity index (χ4v) is 3.78. The van der Waals surface area contributed by atoms with E-state index in [1.165, 1.54) is 5.56 Å². The molecule has 28 heavy (non-hydrogen) atoms. The van der Waals surface area contributed by atoms with Gasteiger partial charge in [-0.25, -0.2) is 0 Å². The van der Waals surface area contributed by atoms with Crippen LogP contribution in [-0.4, -0.2) is 39.1 Å². The normalized spacial score (nSPS) is 17.4. The zero-order chi connectivity index (χ0) is 19.3. The van der Waals surface area contributed by atoms with Gasteiger partial charge in [0.25, 0.3) is 0 Å². The number of aromatic amines is 1. The Hall–Kier alpha value is -2.70. The number of amides is 1. The first kappa shape index (κ1) is 18.7. The molecule has 1 atom stereocenters. The maximum atomic E-state index is 12.7. The topological polar surface area (TPSA) is 73.9 Å². The molecule has 1 amide bonds. The van der Waals surface area contributed by atoms with Crippen LogP contribution in [-0.2, 0) is 11.3 Å². The zero-order valence-electron chi connectivity index (χ0n) is 15.4. The van der Waals surface area contributed by atoms with Crippen molar-refractivity contribution in [2.45, 2.75) is 19.4 Å². The minimum Gasteiger partial charge on any atom is -0.298 e. The molecule has 7 heteroatoms. The molecule has 4 rings (SSSR count). The fourth-order valence-electron chi connectivity index (χ4n) is 3.56. The van der Waals surface area contributed by atoms with E-state index < -0.39 is 0 Å². The Morgan fingerprint density at radius 1 is 1.18 bits per heavy atom. The third-order valence-electron chi connectivity index (χ3n) is 4.97. The third-order valence-corrected chi connectivity index (χ3v) is 5.30. The van der Waals surface area contributed by atoms with E-state index in [9.17, 15) is 4.79 Å². The van der Waals surface area contributed by atoms with Crippen LogP contribution in [0.2, 0.25) is 5.02 Å². The van der Waals surface area contributed by atoms with Crippen molar-refractivity contribution < 1.29 is 4.79 Å². The van der Waals surface area contributed by atoms with Crippen LogP contribution in [0.3, 0.4) is 0 Å². The second kappa shape index (κ2) is 8.54. The monoisotopic (exact) mass is 395 g/mol. The van der Waals surface area contributed by atoms with Gasteiger partial charge in [0.2, 0.25) is 11.9 Å². The molecular formula is C21H22ClN5O. The van der Waals surface area contributed by atoms with Crippen molar-refractivity contribution in [2.75, 3.05) is 18.4 Å². The van der Waals surface area contributed by atoms with Crippen LogP contribution in [0, 0.1) is 5.92 Å². The number of piperidine rings is 1. The van der Waals surface area contributed by atoms with Crippen LogP contribution in [0.25, 0.3) is 11.4 Å². The van der Waals surface area contributed by atoms with Gasteiger partial charge in [0, 0.05) is 18.7 Å². The number of anilines is 1. The van der Waals surface area contributed by atoms with Crippen LogP contribution in [0.5, 0.6) is 0 Å². The van der Waals surface area contributed by atoms with Crippen molar-refractivity contribution in [3.05, 3.63) is 65.2 Å². The quantitative estimate of drug-likeness (QED) is 0.685. The van der Waals surface area contributed by atoms with Crippen LogP contribution in [0.15, 0.2) is 54.6 Å².